The van der Waals surface area contributed by atoms with Crippen LogP contribution in [0.4, 0.5) is 22.7 Å². The second-order valence-corrected chi connectivity index (χ2v) is 3.74. The molecule has 0 aromatic heterocycles. The van der Waals surface area contributed by atoms with E-state index in [9.17, 15) is 0 Å². The fraction of sp³-hybridized carbons (Fsp3) is 0.0769. The summed E-state index contributed by atoms with van der Waals surface area (Å²) in [7, 11) is 0. The van der Waals surface area contributed by atoms with Crippen molar-refractivity contribution in [1.82, 2.24) is 0 Å². The lowest BCUT2D eigenvalue weighted by molar-refractivity contribution is 1.47. The molecule has 0 spiro atoms. The van der Waals surface area contributed by atoms with Gasteiger partial charge >= 0.3 is 0 Å². The minimum absolute atomic E-state index is 0.646. The van der Waals surface area contributed by atoms with Gasteiger partial charge in [-0.1, -0.05) is 18.2 Å². The van der Waals surface area contributed by atoms with Gasteiger partial charge in [0.25, 0.3) is 0 Å². The molecule has 2 aromatic rings. The molecule has 4 nitrogen and oxygen atoms in total. The van der Waals surface area contributed by atoms with E-state index in [1.54, 1.807) is 18.2 Å². The van der Waals surface area contributed by atoms with Crippen molar-refractivity contribution in [1.29, 1.82) is 0 Å². The maximum atomic E-state index is 5.54. The first-order chi connectivity index (χ1) is 8.00. The van der Waals surface area contributed by atoms with E-state index in [1.807, 2.05) is 31.2 Å². The number of rotatable bonds is 0. The molecule has 0 heterocycles. The Hall–Kier alpha value is -2.36. The number of anilines is 4. The number of benzene rings is 2. The van der Waals surface area contributed by atoms with E-state index in [4.69, 9.17) is 22.9 Å². The molecule has 2 aromatic carbocycles. The molecule has 0 radical (unpaired) electrons. The average Bonchev–Trinajstić information content (AvgIpc) is 2.29. The van der Waals surface area contributed by atoms with Crippen molar-refractivity contribution >= 4 is 22.7 Å². The van der Waals surface area contributed by atoms with Crippen molar-refractivity contribution in [3.05, 3.63) is 48.0 Å². The van der Waals surface area contributed by atoms with Gasteiger partial charge in [-0.2, -0.15) is 0 Å². The average molecular weight is 230 g/mol. The Morgan fingerprint density at radius 2 is 1.24 bits per heavy atom. The SMILES string of the molecule is Cc1ccc(N)cc1N.Nc1ccccc1N. The quantitative estimate of drug-likeness (QED) is 0.519. The van der Waals surface area contributed by atoms with E-state index < -0.39 is 0 Å². The maximum absolute atomic E-state index is 5.54. The molecule has 0 saturated carbocycles. The summed E-state index contributed by atoms with van der Waals surface area (Å²) in [4.78, 5) is 0. The van der Waals surface area contributed by atoms with Gasteiger partial charge in [0, 0.05) is 11.4 Å². The third kappa shape index (κ3) is 3.95. The second-order valence-electron chi connectivity index (χ2n) is 3.74. The van der Waals surface area contributed by atoms with E-state index in [0.29, 0.717) is 11.4 Å². The monoisotopic (exact) mass is 230 g/mol. The Morgan fingerprint density at radius 3 is 1.59 bits per heavy atom. The predicted molar refractivity (Wildman–Crippen MR) is 75.3 cm³/mol. The van der Waals surface area contributed by atoms with Crippen LogP contribution >= 0.6 is 0 Å². The van der Waals surface area contributed by atoms with Gasteiger partial charge in [-0.3, -0.25) is 0 Å². The second kappa shape index (κ2) is 5.65. The zero-order valence-corrected chi connectivity index (χ0v) is 9.85. The van der Waals surface area contributed by atoms with Gasteiger partial charge in [-0.05, 0) is 36.8 Å². The first-order valence-corrected chi connectivity index (χ1v) is 5.22. The lowest BCUT2D eigenvalue weighted by Crippen LogP contribution is -1.91. The number of aryl methyl sites for hydroxylation is 1. The fourth-order valence-electron chi connectivity index (χ4n) is 1.17. The molecule has 8 N–H and O–H groups in total. The highest BCUT2D eigenvalue weighted by molar-refractivity contribution is 5.62. The van der Waals surface area contributed by atoms with E-state index >= 15 is 0 Å². The molecule has 0 amide bonds. The highest BCUT2D eigenvalue weighted by Crippen LogP contribution is 2.13. The number of nitrogens with two attached hydrogens (primary N) is 4. The molecule has 0 atom stereocenters. The van der Waals surface area contributed by atoms with Gasteiger partial charge in [-0.25, -0.2) is 0 Å². The van der Waals surface area contributed by atoms with Crippen LogP contribution in [-0.2, 0) is 0 Å². The number of hydrogen-bond donors (Lipinski definition) is 4. The van der Waals surface area contributed by atoms with Crippen LogP contribution in [0.15, 0.2) is 42.5 Å². The zero-order valence-electron chi connectivity index (χ0n) is 9.85. The van der Waals surface area contributed by atoms with Crippen LogP contribution in [0.3, 0.4) is 0 Å². The fourth-order valence-corrected chi connectivity index (χ4v) is 1.17. The molecule has 0 fully saturated rings. The van der Waals surface area contributed by atoms with Crippen LogP contribution in [0, 0.1) is 6.92 Å². The first-order valence-electron chi connectivity index (χ1n) is 5.22. The number of para-hydroxylation sites is 2. The summed E-state index contributed by atoms with van der Waals surface area (Å²) < 4.78 is 0. The molecular formula is C13H18N4. The van der Waals surface area contributed by atoms with Gasteiger partial charge in [0.2, 0.25) is 0 Å². The van der Waals surface area contributed by atoms with Crippen molar-refractivity contribution in [3.8, 4) is 0 Å². The van der Waals surface area contributed by atoms with Crippen molar-refractivity contribution in [2.75, 3.05) is 22.9 Å². The Morgan fingerprint density at radius 1 is 0.706 bits per heavy atom. The minimum Gasteiger partial charge on any atom is -0.399 e. The maximum Gasteiger partial charge on any atom is 0.0547 e. The Balaban J connectivity index is 0.000000171. The van der Waals surface area contributed by atoms with Crippen molar-refractivity contribution in [2.45, 2.75) is 6.92 Å². The molecule has 0 aliphatic heterocycles. The Labute approximate surface area is 101 Å². The summed E-state index contributed by atoms with van der Waals surface area (Å²) in [5, 5.41) is 0. The summed E-state index contributed by atoms with van der Waals surface area (Å²) in [6.07, 6.45) is 0. The lowest BCUT2D eigenvalue weighted by Gasteiger charge is -1.98. The van der Waals surface area contributed by atoms with Crippen LogP contribution in [0.1, 0.15) is 5.56 Å². The predicted octanol–water partition coefficient (Wildman–Crippen LogP) is 2.01. The molecule has 4 heteroatoms. The van der Waals surface area contributed by atoms with Gasteiger partial charge in [0.15, 0.2) is 0 Å². The number of nitrogen functional groups attached to an aromatic ring is 4. The summed E-state index contributed by atoms with van der Waals surface area (Å²) in [5.74, 6) is 0. The molecule has 17 heavy (non-hydrogen) atoms. The van der Waals surface area contributed by atoms with Crippen LogP contribution in [0.25, 0.3) is 0 Å². The minimum atomic E-state index is 0.646. The molecular weight excluding hydrogens is 212 g/mol. The molecule has 0 aliphatic carbocycles. The third-order valence-corrected chi connectivity index (χ3v) is 2.30. The van der Waals surface area contributed by atoms with Crippen molar-refractivity contribution in [3.63, 3.8) is 0 Å². The smallest absolute Gasteiger partial charge is 0.0547 e. The highest BCUT2D eigenvalue weighted by Gasteiger charge is 1.90. The Kier molecular flexibility index (Phi) is 4.22. The van der Waals surface area contributed by atoms with Gasteiger partial charge in [0.05, 0.1) is 11.4 Å². The van der Waals surface area contributed by atoms with Crippen LogP contribution in [-0.4, -0.2) is 0 Å². The zero-order chi connectivity index (χ0) is 12.8. The molecule has 0 bridgehead atoms. The third-order valence-electron chi connectivity index (χ3n) is 2.30. The van der Waals surface area contributed by atoms with Gasteiger partial charge in [0.1, 0.15) is 0 Å². The van der Waals surface area contributed by atoms with E-state index in [0.717, 1.165) is 16.9 Å². The summed E-state index contributed by atoms with van der Waals surface area (Å²) in [6.45, 7) is 1.95. The molecule has 2 rings (SSSR count). The molecule has 0 unspecified atom stereocenters. The topological polar surface area (TPSA) is 104 Å². The van der Waals surface area contributed by atoms with Gasteiger partial charge < -0.3 is 22.9 Å². The van der Waals surface area contributed by atoms with Crippen molar-refractivity contribution in [2.24, 2.45) is 0 Å². The van der Waals surface area contributed by atoms with E-state index in [-0.39, 0.29) is 0 Å². The van der Waals surface area contributed by atoms with Crippen LogP contribution in [0.2, 0.25) is 0 Å². The van der Waals surface area contributed by atoms with E-state index in [1.165, 1.54) is 0 Å². The molecule has 0 aliphatic rings. The first kappa shape index (κ1) is 12.7. The van der Waals surface area contributed by atoms with E-state index in [2.05, 4.69) is 0 Å². The highest BCUT2D eigenvalue weighted by atomic mass is 14.7. The largest absolute Gasteiger partial charge is 0.399 e. The summed E-state index contributed by atoms with van der Waals surface area (Å²) >= 11 is 0. The number of hydrogen-bond acceptors (Lipinski definition) is 4. The van der Waals surface area contributed by atoms with Crippen LogP contribution < -0.4 is 22.9 Å². The van der Waals surface area contributed by atoms with Crippen molar-refractivity contribution < 1.29 is 0 Å². The molecule has 0 saturated heterocycles. The molecule has 90 valence electrons. The lowest BCUT2D eigenvalue weighted by atomic mass is 10.2. The van der Waals surface area contributed by atoms with Gasteiger partial charge in [-0.15, -0.1) is 0 Å². The standard InChI is InChI=1S/C7H10N2.C6H8N2/c1-5-2-3-6(8)4-7(5)9;7-5-3-1-2-4-6(5)8/h2-4H,8-9H2,1H3;1-4H,7-8H2. The van der Waals surface area contributed by atoms with Crippen LogP contribution in [0.5, 0.6) is 0 Å². The normalized spacial score (nSPS) is 9.24. The summed E-state index contributed by atoms with van der Waals surface area (Å²) in [6, 6.07) is 12.8. The Bertz CT molecular complexity index is 474. The summed E-state index contributed by atoms with van der Waals surface area (Å²) in [5.41, 5.74) is 25.6.